The number of halogens is 1. The van der Waals surface area contributed by atoms with Crippen LogP contribution in [0.5, 0.6) is 0 Å². The average molecular weight is 219 g/mol. The summed E-state index contributed by atoms with van der Waals surface area (Å²) in [5, 5.41) is 18.1. The number of carboxylic acid groups (broad SMARTS) is 1. The Hall–Kier alpha value is -1.74. The maximum Gasteiger partial charge on any atom is 0.411 e. The molecule has 0 aromatic rings. The van der Waals surface area contributed by atoms with Gasteiger partial charge in [-0.05, 0) is 0 Å². The summed E-state index contributed by atoms with van der Waals surface area (Å²) in [4.78, 5) is 15.0. The van der Waals surface area contributed by atoms with Crippen LogP contribution in [0.2, 0.25) is 0 Å². The molecule has 78 valence electrons. The third-order valence-electron chi connectivity index (χ3n) is 1.07. The summed E-state index contributed by atoms with van der Waals surface area (Å²) >= 11 is 0. The molecule has 0 aromatic heterocycles. The van der Waals surface area contributed by atoms with Crippen LogP contribution in [-0.4, -0.2) is 35.9 Å². The number of carbonyl (C=O) groups is 1. The van der Waals surface area contributed by atoms with E-state index in [1.54, 1.807) is 13.2 Å². The molecule has 0 radical (unpaired) electrons. The van der Waals surface area contributed by atoms with Gasteiger partial charge in [0, 0.05) is 25.7 Å². The van der Waals surface area contributed by atoms with Gasteiger partial charge in [-0.1, -0.05) is 0 Å². The van der Waals surface area contributed by atoms with Gasteiger partial charge in [0.05, 0.1) is 6.54 Å². The van der Waals surface area contributed by atoms with Gasteiger partial charge >= 0.3 is 6.09 Å². The van der Waals surface area contributed by atoms with Crippen molar-refractivity contribution in [3.8, 4) is 6.19 Å². The molecule has 0 atom stereocenters. The highest BCUT2D eigenvalue weighted by Gasteiger charge is 2.06. The Balaban J connectivity index is 0. The van der Waals surface area contributed by atoms with Gasteiger partial charge < -0.3 is 10.4 Å². The number of nitrogens with one attached hydrogen (secondary N) is 1. The summed E-state index contributed by atoms with van der Waals surface area (Å²) in [5.74, 6) is 0. The lowest BCUT2D eigenvalue weighted by molar-refractivity contribution is 0.167. The van der Waals surface area contributed by atoms with Crippen LogP contribution in [0.3, 0.4) is 0 Å². The minimum atomic E-state index is -0.947. The van der Waals surface area contributed by atoms with E-state index in [4.69, 9.17) is 10.4 Å². The molecule has 1 amide bonds. The van der Waals surface area contributed by atoms with E-state index in [2.05, 4.69) is 10.3 Å². The lowest BCUT2D eigenvalue weighted by atomic mass is 10.5. The molecule has 1 heterocycles. The van der Waals surface area contributed by atoms with Gasteiger partial charge in [-0.3, -0.25) is 9.89 Å². The number of nitriles is 1. The fourth-order valence-corrected chi connectivity index (χ4v) is 0.518. The molecule has 14 heavy (non-hydrogen) atoms. The summed E-state index contributed by atoms with van der Waals surface area (Å²) in [6.45, 7) is 0.353. The molecule has 7 heteroatoms. The first-order valence-electron chi connectivity index (χ1n) is 3.46. The largest absolute Gasteiger partial charge is 0.465 e. The van der Waals surface area contributed by atoms with E-state index < -0.39 is 6.09 Å². The zero-order valence-electron chi connectivity index (χ0n) is 7.54. The molecule has 0 unspecified atom stereocenters. The van der Waals surface area contributed by atoms with E-state index >= 15 is 0 Å². The summed E-state index contributed by atoms with van der Waals surface area (Å²) in [6, 6.07) is 0. The van der Waals surface area contributed by atoms with Crippen molar-refractivity contribution in [3.63, 3.8) is 0 Å². The minimum Gasteiger partial charge on any atom is -0.465 e. The quantitative estimate of drug-likeness (QED) is 0.461. The molecule has 2 N–H and O–H groups in total. The van der Waals surface area contributed by atoms with Crippen LogP contribution in [0.25, 0.3) is 0 Å². The number of aliphatic imine (C=N–C) groups is 1. The van der Waals surface area contributed by atoms with Gasteiger partial charge in [0.2, 0.25) is 0 Å². The van der Waals surface area contributed by atoms with Gasteiger partial charge in [0.1, 0.15) is 0 Å². The molecular weight excluding hydrogens is 208 g/mol. The van der Waals surface area contributed by atoms with Crippen molar-refractivity contribution in [1.82, 2.24) is 10.2 Å². The van der Waals surface area contributed by atoms with E-state index in [0.29, 0.717) is 6.54 Å². The standard InChI is InChI=1S/C5H6N2O2.C2H4N2.ClH/c8-5(9)7-3-1-6-2-4-7;1-4-2-3;/h1-3H,4H2,(H,8,9);4H,1H3;1H. The van der Waals surface area contributed by atoms with Crippen molar-refractivity contribution in [2.75, 3.05) is 13.6 Å². The molecule has 0 aromatic carbocycles. The van der Waals surface area contributed by atoms with Crippen molar-refractivity contribution in [2.24, 2.45) is 4.99 Å². The zero-order chi connectivity index (χ0) is 10.1. The van der Waals surface area contributed by atoms with Crippen molar-refractivity contribution >= 4 is 24.7 Å². The Morgan fingerprint density at radius 1 is 1.79 bits per heavy atom. The summed E-state index contributed by atoms with van der Waals surface area (Å²) < 4.78 is 0. The molecule has 6 nitrogen and oxygen atoms in total. The van der Waals surface area contributed by atoms with E-state index in [1.165, 1.54) is 18.6 Å². The normalized spacial score (nSPS) is 11.6. The van der Waals surface area contributed by atoms with Gasteiger partial charge in [-0.25, -0.2) is 4.79 Å². The fourth-order valence-electron chi connectivity index (χ4n) is 0.518. The Morgan fingerprint density at radius 2 is 2.36 bits per heavy atom. The average Bonchev–Trinajstić information content (AvgIpc) is 2.19. The first kappa shape index (κ1) is 14.8. The Morgan fingerprint density at radius 3 is 2.57 bits per heavy atom. The molecule has 0 saturated carbocycles. The molecule has 1 rings (SSSR count). The molecule has 0 fully saturated rings. The Kier molecular flexibility index (Phi) is 9.86. The van der Waals surface area contributed by atoms with Gasteiger partial charge in [-0.2, -0.15) is 5.26 Å². The second kappa shape index (κ2) is 9.35. The van der Waals surface area contributed by atoms with Crippen molar-refractivity contribution in [2.45, 2.75) is 0 Å². The summed E-state index contributed by atoms with van der Waals surface area (Å²) in [5.41, 5.74) is 0. The molecule has 0 bridgehead atoms. The highest BCUT2D eigenvalue weighted by atomic mass is 35.5. The van der Waals surface area contributed by atoms with Gasteiger partial charge in [-0.15, -0.1) is 12.4 Å². The summed E-state index contributed by atoms with van der Waals surface area (Å²) in [6.07, 6.45) is 5.13. The first-order chi connectivity index (χ1) is 6.22. The number of hydrogen-bond acceptors (Lipinski definition) is 4. The predicted molar refractivity (Wildman–Crippen MR) is 54.3 cm³/mol. The Bertz CT molecular complexity index is 259. The number of hydrogen-bond donors (Lipinski definition) is 2. The van der Waals surface area contributed by atoms with Crippen LogP contribution < -0.4 is 5.32 Å². The highest BCUT2D eigenvalue weighted by molar-refractivity contribution is 5.85. The molecule has 0 aliphatic carbocycles. The van der Waals surface area contributed by atoms with Crippen LogP contribution in [0.15, 0.2) is 17.4 Å². The number of rotatable bonds is 0. The number of nitrogens with zero attached hydrogens (tertiary/aromatic N) is 3. The van der Waals surface area contributed by atoms with Crippen molar-refractivity contribution in [1.29, 1.82) is 5.26 Å². The molecule has 1 aliphatic rings. The molecule has 1 aliphatic heterocycles. The van der Waals surface area contributed by atoms with Crippen LogP contribution in [-0.2, 0) is 0 Å². The maximum atomic E-state index is 10.2. The highest BCUT2D eigenvalue weighted by Crippen LogP contribution is 1.93. The summed E-state index contributed by atoms with van der Waals surface area (Å²) in [7, 11) is 1.57. The van der Waals surface area contributed by atoms with Gasteiger partial charge in [0.25, 0.3) is 0 Å². The topological polar surface area (TPSA) is 88.7 Å². The number of amides is 1. The monoisotopic (exact) mass is 218 g/mol. The Labute approximate surface area is 87.9 Å². The smallest absolute Gasteiger partial charge is 0.411 e. The molecular formula is C7H11ClN4O2. The van der Waals surface area contributed by atoms with E-state index in [9.17, 15) is 4.79 Å². The second-order valence-electron chi connectivity index (χ2n) is 1.93. The molecule has 0 saturated heterocycles. The fraction of sp³-hybridized carbons (Fsp3) is 0.286. The van der Waals surface area contributed by atoms with Crippen LogP contribution >= 0.6 is 12.4 Å². The van der Waals surface area contributed by atoms with Crippen LogP contribution in [0, 0.1) is 11.5 Å². The van der Waals surface area contributed by atoms with Crippen LogP contribution in [0.4, 0.5) is 4.79 Å². The maximum absolute atomic E-state index is 10.2. The third kappa shape index (κ3) is 6.94. The second-order valence-corrected chi connectivity index (χ2v) is 1.93. The lowest BCUT2D eigenvalue weighted by Crippen LogP contribution is -2.26. The zero-order valence-corrected chi connectivity index (χ0v) is 8.36. The predicted octanol–water partition coefficient (Wildman–Crippen LogP) is 0.631. The lowest BCUT2D eigenvalue weighted by Gasteiger charge is -2.11. The van der Waals surface area contributed by atoms with E-state index in [-0.39, 0.29) is 12.4 Å². The first-order valence-corrected chi connectivity index (χ1v) is 3.46. The van der Waals surface area contributed by atoms with Crippen molar-refractivity contribution in [3.05, 3.63) is 12.4 Å². The minimum absolute atomic E-state index is 0. The molecule has 0 spiro atoms. The third-order valence-corrected chi connectivity index (χ3v) is 1.07. The van der Waals surface area contributed by atoms with E-state index in [1.807, 2.05) is 0 Å². The SMILES string of the molecule is CNC#N.Cl.O=C(O)N1C=CN=CC1. The van der Waals surface area contributed by atoms with E-state index in [0.717, 1.165) is 4.90 Å². The van der Waals surface area contributed by atoms with Crippen molar-refractivity contribution < 1.29 is 9.90 Å². The van der Waals surface area contributed by atoms with Crippen LogP contribution in [0.1, 0.15) is 0 Å². The van der Waals surface area contributed by atoms with Gasteiger partial charge in [0.15, 0.2) is 6.19 Å².